The average Bonchev–Trinajstić information content (AvgIpc) is 3.27. The third-order valence-electron chi connectivity index (χ3n) is 4.84. The number of para-hydroxylation sites is 2. The fourth-order valence-electron chi connectivity index (χ4n) is 3.60. The third kappa shape index (κ3) is 3.04. The highest BCUT2D eigenvalue weighted by molar-refractivity contribution is 9.10. The van der Waals surface area contributed by atoms with E-state index in [-0.39, 0.29) is 0 Å². The Morgan fingerprint density at radius 3 is 2.04 bits per heavy atom. The molecule has 0 atom stereocenters. The van der Waals surface area contributed by atoms with Crippen molar-refractivity contribution in [3.63, 3.8) is 0 Å². The van der Waals surface area contributed by atoms with Gasteiger partial charge in [0.1, 0.15) is 5.69 Å². The Morgan fingerprint density at radius 2 is 1.37 bits per heavy atom. The highest BCUT2D eigenvalue weighted by Gasteiger charge is 2.11. The minimum Gasteiger partial charge on any atom is -0.334 e. The second kappa shape index (κ2) is 6.67. The van der Waals surface area contributed by atoms with Crippen LogP contribution in [0.1, 0.15) is 11.3 Å². The van der Waals surface area contributed by atoms with Crippen molar-refractivity contribution < 1.29 is 0 Å². The number of benzene rings is 3. The van der Waals surface area contributed by atoms with Crippen molar-refractivity contribution in [1.29, 1.82) is 0 Å². The Morgan fingerprint density at radius 1 is 0.741 bits per heavy atom. The molecule has 0 radical (unpaired) electrons. The van der Waals surface area contributed by atoms with Crippen molar-refractivity contribution in [2.24, 2.45) is 0 Å². The second-order valence-electron chi connectivity index (χ2n) is 6.65. The molecule has 0 aliphatic heterocycles. The van der Waals surface area contributed by atoms with Gasteiger partial charge in [-0.1, -0.05) is 69.7 Å². The quantitative estimate of drug-likeness (QED) is 0.401. The first-order chi connectivity index (χ1) is 13.3. The molecule has 0 spiro atoms. The Balaban J connectivity index is 1.49. The van der Waals surface area contributed by atoms with E-state index in [9.17, 15) is 0 Å². The van der Waals surface area contributed by atoms with E-state index < -0.39 is 0 Å². The van der Waals surface area contributed by atoms with Crippen LogP contribution in [0.15, 0.2) is 83.5 Å². The Hall–Kier alpha value is -2.92. The van der Waals surface area contributed by atoms with E-state index in [1.54, 1.807) is 0 Å². The van der Waals surface area contributed by atoms with Crippen LogP contribution in [-0.4, -0.2) is 19.6 Å². The van der Waals surface area contributed by atoms with Crippen molar-refractivity contribution in [3.8, 4) is 0 Å². The molecule has 0 unspecified atom stereocenters. The molecule has 5 heteroatoms. The van der Waals surface area contributed by atoms with Crippen LogP contribution < -0.4 is 0 Å². The number of hydrogen-bond donors (Lipinski definition) is 0. The largest absolute Gasteiger partial charge is 0.334 e. The normalized spacial score (nSPS) is 11.4. The van der Waals surface area contributed by atoms with E-state index in [4.69, 9.17) is 0 Å². The fraction of sp³-hybridized carbons (Fsp3) is 0.0909. The molecule has 2 aromatic heterocycles. The number of fused-ring (bicyclic) bond motifs is 3. The maximum absolute atomic E-state index is 4.40. The van der Waals surface area contributed by atoms with Gasteiger partial charge in [-0.25, -0.2) is 4.68 Å². The molecule has 0 aliphatic rings. The summed E-state index contributed by atoms with van der Waals surface area (Å²) < 4.78 is 5.29. The van der Waals surface area contributed by atoms with Crippen molar-refractivity contribution >= 4 is 37.7 Å². The fourth-order valence-corrected chi connectivity index (χ4v) is 3.87. The molecule has 5 rings (SSSR count). The molecule has 0 fully saturated rings. The summed E-state index contributed by atoms with van der Waals surface area (Å²) in [4.78, 5) is 0. The molecular weight excluding hydrogens is 400 g/mol. The monoisotopic (exact) mass is 416 g/mol. The molecule has 0 N–H and O–H groups in total. The van der Waals surface area contributed by atoms with Gasteiger partial charge < -0.3 is 4.57 Å². The molecule has 0 bridgehead atoms. The van der Waals surface area contributed by atoms with E-state index in [1.165, 1.54) is 27.4 Å². The van der Waals surface area contributed by atoms with E-state index in [0.717, 1.165) is 10.2 Å². The molecule has 0 saturated carbocycles. The van der Waals surface area contributed by atoms with Gasteiger partial charge in [-0.15, -0.1) is 5.10 Å². The number of rotatable bonds is 4. The molecule has 2 heterocycles. The van der Waals surface area contributed by atoms with Crippen LogP contribution in [0.3, 0.4) is 0 Å². The van der Waals surface area contributed by atoms with Crippen molar-refractivity contribution in [3.05, 3.63) is 94.7 Å². The Bertz CT molecular complexity index is 1180. The Kier molecular flexibility index (Phi) is 4.02. The smallest absolute Gasteiger partial charge is 0.102 e. The third-order valence-corrected chi connectivity index (χ3v) is 5.37. The van der Waals surface area contributed by atoms with E-state index in [1.807, 2.05) is 23.0 Å². The van der Waals surface area contributed by atoms with E-state index in [2.05, 4.69) is 91.5 Å². The number of hydrogen-bond acceptors (Lipinski definition) is 2. The summed E-state index contributed by atoms with van der Waals surface area (Å²) in [6.07, 6.45) is 2.03. The van der Waals surface area contributed by atoms with Crippen LogP contribution in [0.25, 0.3) is 21.8 Å². The summed E-state index contributed by atoms with van der Waals surface area (Å²) in [7, 11) is 0. The van der Waals surface area contributed by atoms with E-state index in [0.29, 0.717) is 13.1 Å². The van der Waals surface area contributed by atoms with Gasteiger partial charge in [0.25, 0.3) is 0 Å². The van der Waals surface area contributed by atoms with Crippen molar-refractivity contribution in [1.82, 2.24) is 19.6 Å². The zero-order valence-corrected chi connectivity index (χ0v) is 16.2. The first kappa shape index (κ1) is 16.3. The average molecular weight is 417 g/mol. The van der Waals surface area contributed by atoms with Crippen LogP contribution in [0, 0.1) is 0 Å². The van der Waals surface area contributed by atoms with Gasteiger partial charge in [0, 0.05) is 26.3 Å². The standard InChI is InChI=1S/C22H17BrN4/c23-17-11-9-16(10-12-17)13-26-14-18(24-25-26)15-27-21-7-3-1-5-19(21)20-6-2-4-8-22(20)27/h1-12,14H,13,15H2. The van der Waals surface area contributed by atoms with Gasteiger partial charge in [-0.3, -0.25) is 0 Å². The van der Waals surface area contributed by atoms with Crippen LogP contribution in [0.4, 0.5) is 0 Å². The van der Waals surface area contributed by atoms with Crippen LogP contribution in [-0.2, 0) is 13.1 Å². The number of aromatic nitrogens is 4. The van der Waals surface area contributed by atoms with Gasteiger partial charge >= 0.3 is 0 Å². The maximum atomic E-state index is 4.40. The minimum absolute atomic E-state index is 0.703. The van der Waals surface area contributed by atoms with Crippen molar-refractivity contribution in [2.45, 2.75) is 13.1 Å². The SMILES string of the molecule is Brc1ccc(Cn2cc(Cn3c4ccccc4c4ccccc43)nn2)cc1. The molecule has 0 aliphatic carbocycles. The molecule has 5 aromatic rings. The molecule has 0 saturated heterocycles. The maximum Gasteiger partial charge on any atom is 0.102 e. The van der Waals surface area contributed by atoms with Gasteiger partial charge in [0.2, 0.25) is 0 Å². The van der Waals surface area contributed by atoms with Gasteiger partial charge in [-0.05, 0) is 29.8 Å². The first-order valence-corrected chi connectivity index (χ1v) is 9.67. The molecule has 27 heavy (non-hydrogen) atoms. The summed E-state index contributed by atoms with van der Waals surface area (Å²) in [5.74, 6) is 0. The first-order valence-electron chi connectivity index (χ1n) is 8.87. The summed E-state index contributed by atoms with van der Waals surface area (Å²) >= 11 is 3.47. The lowest BCUT2D eigenvalue weighted by Gasteiger charge is -2.04. The zero-order chi connectivity index (χ0) is 18.2. The summed E-state index contributed by atoms with van der Waals surface area (Å²) in [5.41, 5.74) is 4.60. The molecular formula is C22H17BrN4. The lowest BCUT2D eigenvalue weighted by molar-refractivity contribution is 0.649. The summed E-state index contributed by atoms with van der Waals surface area (Å²) in [6, 6.07) is 25.3. The minimum atomic E-state index is 0.703. The van der Waals surface area contributed by atoms with Crippen LogP contribution >= 0.6 is 15.9 Å². The molecule has 0 amide bonds. The Labute approximate surface area is 165 Å². The topological polar surface area (TPSA) is 35.6 Å². The molecule has 3 aromatic carbocycles. The lowest BCUT2D eigenvalue weighted by atomic mass is 10.2. The number of halogens is 1. The predicted octanol–water partition coefficient (Wildman–Crippen LogP) is 5.25. The predicted molar refractivity (Wildman–Crippen MR) is 112 cm³/mol. The molecule has 4 nitrogen and oxygen atoms in total. The second-order valence-corrected chi connectivity index (χ2v) is 7.57. The number of nitrogens with zero attached hydrogens (tertiary/aromatic N) is 4. The van der Waals surface area contributed by atoms with Crippen LogP contribution in [0.5, 0.6) is 0 Å². The zero-order valence-electron chi connectivity index (χ0n) is 14.6. The van der Waals surface area contributed by atoms with Crippen LogP contribution in [0.2, 0.25) is 0 Å². The van der Waals surface area contributed by atoms with Gasteiger partial charge in [0.05, 0.1) is 19.3 Å². The summed E-state index contributed by atoms with van der Waals surface area (Å²) in [5, 5.41) is 11.3. The van der Waals surface area contributed by atoms with Gasteiger partial charge in [0.15, 0.2) is 0 Å². The van der Waals surface area contributed by atoms with Gasteiger partial charge in [-0.2, -0.15) is 0 Å². The highest BCUT2D eigenvalue weighted by Crippen LogP contribution is 2.29. The molecule has 132 valence electrons. The lowest BCUT2D eigenvalue weighted by Crippen LogP contribution is -2.00. The highest BCUT2D eigenvalue weighted by atomic mass is 79.9. The van der Waals surface area contributed by atoms with Crippen molar-refractivity contribution in [2.75, 3.05) is 0 Å². The summed E-state index contributed by atoms with van der Waals surface area (Å²) in [6.45, 7) is 1.42. The van der Waals surface area contributed by atoms with E-state index >= 15 is 0 Å².